The zero-order valence-electron chi connectivity index (χ0n) is 13.6. The molecule has 0 unspecified atom stereocenters. The molecule has 0 aromatic heterocycles. The molecule has 0 aliphatic rings. The first-order valence-electron chi connectivity index (χ1n) is 7.94. The summed E-state index contributed by atoms with van der Waals surface area (Å²) in [4.78, 5) is 15.9. The zero-order valence-corrected chi connectivity index (χ0v) is 13.6. The number of para-hydroxylation sites is 1. The summed E-state index contributed by atoms with van der Waals surface area (Å²) in [6.07, 6.45) is -0.831. The van der Waals surface area contributed by atoms with Crippen LogP contribution in [0.25, 0.3) is 0 Å². The van der Waals surface area contributed by atoms with E-state index in [-0.39, 0.29) is 0 Å². The standard InChI is InChI=1S/C21H18N2O2/c22-21(24)25-19-14-8-7-13-18(19)15-23-20(16-9-3-1-4-10-16)17-11-5-2-6-12-17/h1-14H,15H2,(H2,22,24). The van der Waals surface area contributed by atoms with Gasteiger partial charge in [0.05, 0.1) is 12.3 Å². The van der Waals surface area contributed by atoms with Crippen LogP contribution in [0, 0.1) is 0 Å². The number of hydrogen-bond acceptors (Lipinski definition) is 3. The van der Waals surface area contributed by atoms with Crippen molar-refractivity contribution in [3.63, 3.8) is 0 Å². The van der Waals surface area contributed by atoms with Gasteiger partial charge in [-0.05, 0) is 6.07 Å². The van der Waals surface area contributed by atoms with Crippen LogP contribution in [0.3, 0.4) is 0 Å². The molecule has 0 atom stereocenters. The van der Waals surface area contributed by atoms with E-state index >= 15 is 0 Å². The Morgan fingerprint density at radius 2 is 1.32 bits per heavy atom. The molecule has 4 heteroatoms. The fraction of sp³-hybridized carbons (Fsp3) is 0.0476. The minimum absolute atomic E-state index is 0.378. The van der Waals surface area contributed by atoms with E-state index in [1.807, 2.05) is 72.8 Å². The first kappa shape index (κ1) is 16.5. The Morgan fingerprint density at radius 1 is 0.800 bits per heavy atom. The Kier molecular flexibility index (Phi) is 5.22. The first-order valence-corrected chi connectivity index (χ1v) is 7.94. The van der Waals surface area contributed by atoms with Crippen LogP contribution in [0.4, 0.5) is 4.79 Å². The van der Waals surface area contributed by atoms with Crippen LogP contribution in [0.1, 0.15) is 16.7 Å². The number of carbonyl (C=O) groups excluding carboxylic acids is 1. The summed E-state index contributed by atoms with van der Waals surface area (Å²) in [7, 11) is 0. The number of primary amides is 1. The number of rotatable bonds is 5. The lowest BCUT2D eigenvalue weighted by atomic mass is 10.0. The number of aliphatic imine (C=N–C) groups is 1. The minimum Gasteiger partial charge on any atom is -0.410 e. The van der Waals surface area contributed by atoms with Gasteiger partial charge >= 0.3 is 6.09 Å². The molecule has 3 aromatic carbocycles. The second-order valence-corrected chi connectivity index (χ2v) is 5.43. The van der Waals surface area contributed by atoms with E-state index in [1.54, 1.807) is 12.1 Å². The van der Waals surface area contributed by atoms with Gasteiger partial charge in [0.1, 0.15) is 5.75 Å². The zero-order chi connectivity index (χ0) is 17.5. The number of hydrogen-bond donors (Lipinski definition) is 1. The molecule has 0 aliphatic carbocycles. The third kappa shape index (κ3) is 4.32. The Labute approximate surface area is 146 Å². The molecule has 2 N–H and O–H groups in total. The monoisotopic (exact) mass is 330 g/mol. The average Bonchev–Trinajstić information content (AvgIpc) is 2.64. The van der Waals surface area contributed by atoms with Crippen LogP contribution in [-0.4, -0.2) is 11.8 Å². The first-order chi connectivity index (χ1) is 12.2. The number of amides is 1. The fourth-order valence-electron chi connectivity index (χ4n) is 2.55. The smallest absolute Gasteiger partial charge is 0.409 e. The predicted octanol–water partition coefficient (Wildman–Crippen LogP) is 4.18. The van der Waals surface area contributed by atoms with Gasteiger partial charge in [0.25, 0.3) is 0 Å². The normalized spacial score (nSPS) is 10.1. The fourth-order valence-corrected chi connectivity index (χ4v) is 2.55. The van der Waals surface area contributed by atoms with Crippen LogP contribution >= 0.6 is 0 Å². The topological polar surface area (TPSA) is 64.7 Å². The number of nitrogens with zero attached hydrogens (tertiary/aromatic N) is 1. The van der Waals surface area contributed by atoms with Crippen molar-refractivity contribution in [2.45, 2.75) is 6.54 Å². The average molecular weight is 330 g/mol. The summed E-state index contributed by atoms with van der Waals surface area (Å²) < 4.78 is 5.06. The molecule has 0 saturated heterocycles. The van der Waals surface area contributed by atoms with E-state index in [4.69, 9.17) is 15.5 Å². The minimum atomic E-state index is -0.831. The number of carbonyl (C=O) groups is 1. The quantitative estimate of drug-likeness (QED) is 0.713. The summed E-state index contributed by atoms with van der Waals surface area (Å²) >= 11 is 0. The lowest BCUT2D eigenvalue weighted by Gasteiger charge is -2.10. The SMILES string of the molecule is NC(=O)Oc1ccccc1CN=C(c1ccccc1)c1ccccc1. The third-order valence-corrected chi connectivity index (χ3v) is 3.69. The van der Waals surface area contributed by atoms with Gasteiger partial charge in [-0.2, -0.15) is 0 Å². The summed E-state index contributed by atoms with van der Waals surface area (Å²) in [6, 6.07) is 27.2. The lowest BCUT2D eigenvalue weighted by molar-refractivity contribution is 0.210. The van der Waals surface area contributed by atoms with E-state index in [1.165, 1.54) is 0 Å². The number of ether oxygens (including phenoxy) is 1. The highest BCUT2D eigenvalue weighted by Gasteiger charge is 2.09. The second kappa shape index (κ2) is 7.93. The molecule has 4 nitrogen and oxygen atoms in total. The van der Waals surface area contributed by atoms with Crippen molar-refractivity contribution in [3.8, 4) is 5.75 Å². The molecule has 124 valence electrons. The Bertz CT molecular complexity index is 833. The third-order valence-electron chi connectivity index (χ3n) is 3.69. The molecular weight excluding hydrogens is 312 g/mol. The second-order valence-electron chi connectivity index (χ2n) is 5.43. The number of benzene rings is 3. The van der Waals surface area contributed by atoms with Gasteiger partial charge in [-0.15, -0.1) is 0 Å². The largest absolute Gasteiger partial charge is 0.410 e. The van der Waals surface area contributed by atoms with Crippen molar-refractivity contribution in [1.29, 1.82) is 0 Å². The van der Waals surface area contributed by atoms with Crippen molar-refractivity contribution in [2.75, 3.05) is 0 Å². The van der Waals surface area contributed by atoms with Crippen LogP contribution in [-0.2, 0) is 6.54 Å². The van der Waals surface area contributed by atoms with Crippen molar-refractivity contribution in [3.05, 3.63) is 102 Å². The van der Waals surface area contributed by atoms with E-state index in [0.717, 1.165) is 22.4 Å². The summed E-state index contributed by atoms with van der Waals surface area (Å²) in [5, 5.41) is 0. The van der Waals surface area contributed by atoms with Crippen LogP contribution in [0.2, 0.25) is 0 Å². The van der Waals surface area contributed by atoms with Gasteiger partial charge in [0.15, 0.2) is 0 Å². The Balaban J connectivity index is 1.97. The molecule has 0 spiro atoms. The molecule has 3 aromatic rings. The van der Waals surface area contributed by atoms with Crippen molar-refractivity contribution < 1.29 is 9.53 Å². The van der Waals surface area contributed by atoms with Crippen molar-refractivity contribution in [1.82, 2.24) is 0 Å². The number of nitrogens with two attached hydrogens (primary N) is 1. The van der Waals surface area contributed by atoms with Gasteiger partial charge in [0, 0.05) is 16.7 Å². The van der Waals surface area contributed by atoms with Crippen molar-refractivity contribution in [2.24, 2.45) is 10.7 Å². The highest BCUT2D eigenvalue weighted by atomic mass is 16.5. The van der Waals surface area contributed by atoms with Crippen LogP contribution < -0.4 is 10.5 Å². The van der Waals surface area contributed by atoms with Gasteiger partial charge in [0.2, 0.25) is 0 Å². The molecular formula is C21H18N2O2. The molecule has 0 saturated carbocycles. The highest BCUT2D eigenvalue weighted by Crippen LogP contribution is 2.20. The molecule has 25 heavy (non-hydrogen) atoms. The molecule has 0 radical (unpaired) electrons. The van der Waals surface area contributed by atoms with Gasteiger partial charge in [-0.3, -0.25) is 4.99 Å². The Morgan fingerprint density at radius 3 is 1.88 bits per heavy atom. The summed E-state index contributed by atoms with van der Waals surface area (Å²) in [5.41, 5.74) is 8.87. The summed E-state index contributed by atoms with van der Waals surface area (Å²) in [6.45, 7) is 0.378. The van der Waals surface area contributed by atoms with Gasteiger partial charge in [-0.1, -0.05) is 78.9 Å². The van der Waals surface area contributed by atoms with E-state index < -0.39 is 6.09 Å². The van der Waals surface area contributed by atoms with Crippen molar-refractivity contribution >= 4 is 11.8 Å². The molecule has 0 heterocycles. The Hall–Kier alpha value is -3.40. The van der Waals surface area contributed by atoms with Gasteiger partial charge < -0.3 is 10.5 Å². The maximum atomic E-state index is 11.1. The molecule has 0 fully saturated rings. The lowest BCUT2D eigenvalue weighted by Crippen LogP contribution is -2.17. The molecule has 0 bridgehead atoms. The van der Waals surface area contributed by atoms with Gasteiger partial charge in [-0.25, -0.2) is 4.79 Å². The maximum absolute atomic E-state index is 11.1. The highest BCUT2D eigenvalue weighted by molar-refractivity contribution is 6.12. The van der Waals surface area contributed by atoms with E-state index in [0.29, 0.717) is 12.3 Å². The molecule has 0 aliphatic heterocycles. The molecule has 1 amide bonds. The van der Waals surface area contributed by atoms with E-state index in [9.17, 15) is 4.79 Å². The van der Waals surface area contributed by atoms with E-state index in [2.05, 4.69) is 0 Å². The van der Waals surface area contributed by atoms with Crippen LogP contribution in [0.15, 0.2) is 89.9 Å². The predicted molar refractivity (Wildman–Crippen MR) is 98.9 cm³/mol. The summed E-state index contributed by atoms with van der Waals surface area (Å²) in [5.74, 6) is 0.430. The maximum Gasteiger partial charge on any atom is 0.409 e. The molecule has 3 rings (SSSR count). The van der Waals surface area contributed by atoms with Crippen LogP contribution in [0.5, 0.6) is 5.75 Å².